The van der Waals surface area contributed by atoms with Gasteiger partial charge in [-0.25, -0.2) is 8.42 Å². The quantitative estimate of drug-likeness (QED) is 0.585. The highest BCUT2D eigenvalue weighted by Crippen LogP contribution is 2.27. The summed E-state index contributed by atoms with van der Waals surface area (Å²) < 4.78 is 26.5. The fourth-order valence-corrected chi connectivity index (χ4v) is 4.71. The highest BCUT2D eigenvalue weighted by Gasteiger charge is 2.32. The Bertz CT molecular complexity index is 945. The molecule has 30 heavy (non-hydrogen) atoms. The predicted molar refractivity (Wildman–Crippen MR) is 125 cm³/mol. The van der Waals surface area contributed by atoms with Gasteiger partial charge in [0.25, 0.3) is 0 Å². The van der Waals surface area contributed by atoms with Crippen molar-refractivity contribution in [2.45, 2.75) is 39.7 Å². The Morgan fingerprint density at radius 1 is 1.10 bits per heavy atom. The highest BCUT2D eigenvalue weighted by molar-refractivity contribution is 7.92. The first-order valence-electron chi connectivity index (χ1n) is 10.3. The topological polar surface area (TPSA) is 69.7 Å². The second-order valence-corrected chi connectivity index (χ2v) is 9.53. The summed E-state index contributed by atoms with van der Waals surface area (Å²) in [7, 11) is -1.62. The second-order valence-electron chi connectivity index (χ2n) is 7.67. The van der Waals surface area contributed by atoms with Crippen LogP contribution >= 0.6 is 0 Å². The summed E-state index contributed by atoms with van der Waals surface area (Å²) in [5, 5.41) is 2.93. The number of nitrogens with one attached hydrogen (secondary N) is 1. The van der Waals surface area contributed by atoms with Crippen LogP contribution in [0, 0.1) is 13.8 Å². The molecule has 0 aliphatic carbocycles. The van der Waals surface area contributed by atoms with Crippen LogP contribution in [0.2, 0.25) is 0 Å². The molecule has 0 aliphatic rings. The van der Waals surface area contributed by atoms with Crippen LogP contribution in [0.25, 0.3) is 0 Å². The highest BCUT2D eigenvalue weighted by atomic mass is 32.2. The lowest BCUT2D eigenvalue weighted by Crippen LogP contribution is -2.49. The lowest BCUT2D eigenvalue weighted by molar-refractivity contribution is -0.122. The van der Waals surface area contributed by atoms with E-state index in [0.717, 1.165) is 36.0 Å². The minimum absolute atomic E-state index is 0.272. The molecule has 1 amide bonds. The molecule has 0 heterocycles. The van der Waals surface area contributed by atoms with Crippen molar-refractivity contribution in [2.75, 3.05) is 35.6 Å². The summed E-state index contributed by atoms with van der Waals surface area (Å²) in [6.07, 6.45) is 2.30. The molecule has 164 valence electrons. The van der Waals surface area contributed by atoms with Crippen molar-refractivity contribution in [3.05, 3.63) is 59.7 Å². The molecule has 1 unspecified atom stereocenters. The zero-order chi connectivity index (χ0) is 22.3. The first-order chi connectivity index (χ1) is 14.1. The molecule has 2 rings (SSSR count). The summed E-state index contributed by atoms with van der Waals surface area (Å²) in [5.74, 6) is -0.272. The van der Waals surface area contributed by atoms with E-state index in [2.05, 4.69) is 10.2 Å². The van der Waals surface area contributed by atoms with E-state index < -0.39 is 16.1 Å². The van der Waals surface area contributed by atoms with Gasteiger partial charge in [0, 0.05) is 25.8 Å². The van der Waals surface area contributed by atoms with Crippen molar-refractivity contribution in [3.63, 3.8) is 0 Å². The number of rotatable bonds is 10. The van der Waals surface area contributed by atoms with Crippen LogP contribution in [0.15, 0.2) is 48.5 Å². The Labute approximate surface area is 180 Å². The van der Waals surface area contributed by atoms with Crippen LogP contribution in [0.1, 0.15) is 30.9 Å². The van der Waals surface area contributed by atoms with Gasteiger partial charge in [0.15, 0.2) is 0 Å². The number of amides is 1. The maximum Gasteiger partial charge on any atom is 0.243 e. The molecule has 2 aromatic rings. The van der Waals surface area contributed by atoms with Gasteiger partial charge >= 0.3 is 0 Å². The largest absolute Gasteiger partial charge is 0.375 e. The third kappa shape index (κ3) is 6.23. The number of hydrogen-bond donors (Lipinski definition) is 1. The van der Waals surface area contributed by atoms with Gasteiger partial charge in [0.1, 0.15) is 6.04 Å². The zero-order valence-corrected chi connectivity index (χ0v) is 19.4. The van der Waals surface area contributed by atoms with Crippen molar-refractivity contribution >= 4 is 27.3 Å². The molecule has 1 atom stereocenters. The van der Waals surface area contributed by atoms with E-state index in [1.165, 1.54) is 4.31 Å². The number of hydrogen-bond acceptors (Lipinski definition) is 4. The summed E-state index contributed by atoms with van der Waals surface area (Å²) in [4.78, 5) is 15.0. The molecule has 0 fully saturated rings. The van der Waals surface area contributed by atoms with Gasteiger partial charge in [-0.15, -0.1) is 0 Å². The van der Waals surface area contributed by atoms with Crippen LogP contribution < -0.4 is 14.5 Å². The number of anilines is 2. The van der Waals surface area contributed by atoms with Crippen molar-refractivity contribution in [1.82, 2.24) is 5.32 Å². The number of para-hydroxylation sites is 1. The molecule has 2 aromatic carbocycles. The average Bonchev–Trinajstić information content (AvgIpc) is 2.70. The van der Waals surface area contributed by atoms with Gasteiger partial charge < -0.3 is 10.2 Å². The SMILES string of the molecule is CCC(C(=O)NCCCN(C)c1ccccc1)N(c1cc(C)ccc1C)S(C)(=O)=O. The standard InChI is InChI=1S/C23H33N3O3S/c1-6-21(26(30(5,28)29)22-17-18(2)13-14-19(22)3)23(27)24-15-10-16-25(4)20-11-8-7-9-12-20/h7-9,11-14,17,21H,6,10,15-16H2,1-5H3,(H,24,27). The molecule has 7 heteroatoms. The maximum atomic E-state index is 12.9. The molecule has 0 bridgehead atoms. The van der Waals surface area contributed by atoms with Gasteiger partial charge in [-0.05, 0) is 56.0 Å². The Balaban J connectivity index is 2.06. The third-order valence-electron chi connectivity index (χ3n) is 5.10. The summed E-state index contributed by atoms with van der Waals surface area (Å²) in [6, 6.07) is 14.9. The maximum absolute atomic E-state index is 12.9. The smallest absolute Gasteiger partial charge is 0.243 e. The van der Waals surface area contributed by atoms with Crippen LogP contribution in [0.5, 0.6) is 0 Å². The van der Waals surface area contributed by atoms with E-state index in [9.17, 15) is 13.2 Å². The minimum atomic E-state index is -3.63. The number of carbonyl (C=O) groups is 1. The van der Waals surface area contributed by atoms with Gasteiger partial charge in [-0.3, -0.25) is 9.10 Å². The Morgan fingerprint density at radius 3 is 2.37 bits per heavy atom. The summed E-state index contributed by atoms with van der Waals surface area (Å²) in [5.41, 5.74) is 3.45. The minimum Gasteiger partial charge on any atom is -0.375 e. The lowest BCUT2D eigenvalue weighted by atomic mass is 10.1. The van der Waals surface area contributed by atoms with Crippen LogP contribution in [0.3, 0.4) is 0 Å². The van der Waals surface area contributed by atoms with Crippen molar-refractivity contribution in [3.8, 4) is 0 Å². The van der Waals surface area contributed by atoms with E-state index in [-0.39, 0.29) is 5.91 Å². The van der Waals surface area contributed by atoms with Crippen LogP contribution in [-0.2, 0) is 14.8 Å². The van der Waals surface area contributed by atoms with Gasteiger partial charge in [0.05, 0.1) is 11.9 Å². The molecule has 1 N–H and O–H groups in total. The monoisotopic (exact) mass is 431 g/mol. The number of nitrogens with zero attached hydrogens (tertiary/aromatic N) is 2. The number of sulfonamides is 1. The molecule has 0 saturated heterocycles. The van der Waals surface area contributed by atoms with Gasteiger partial charge in [0.2, 0.25) is 15.9 Å². The summed E-state index contributed by atoms with van der Waals surface area (Å²) in [6.45, 7) is 6.87. The van der Waals surface area contributed by atoms with E-state index in [1.54, 1.807) is 0 Å². The number of aryl methyl sites for hydroxylation is 2. The van der Waals surface area contributed by atoms with E-state index >= 15 is 0 Å². The first kappa shape index (κ1) is 23.7. The molecule has 0 saturated carbocycles. The van der Waals surface area contributed by atoms with Crippen LogP contribution in [-0.4, -0.2) is 46.8 Å². The molecular formula is C23H33N3O3S. The van der Waals surface area contributed by atoms with Gasteiger partial charge in [-0.2, -0.15) is 0 Å². The Morgan fingerprint density at radius 2 is 1.77 bits per heavy atom. The molecule has 0 aliphatic heterocycles. The van der Waals surface area contributed by atoms with Crippen molar-refractivity contribution in [2.24, 2.45) is 0 Å². The Kier molecular flexibility index (Phi) is 8.29. The molecular weight excluding hydrogens is 398 g/mol. The molecule has 0 aromatic heterocycles. The van der Waals surface area contributed by atoms with E-state index in [1.807, 2.05) is 76.3 Å². The molecule has 0 spiro atoms. The fourth-order valence-electron chi connectivity index (χ4n) is 3.45. The first-order valence-corrected chi connectivity index (χ1v) is 12.1. The zero-order valence-electron chi connectivity index (χ0n) is 18.6. The predicted octanol–water partition coefficient (Wildman–Crippen LogP) is 3.49. The van der Waals surface area contributed by atoms with E-state index in [0.29, 0.717) is 18.7 Å². The Hall–Kier alpha value is -2.54. The normalized spacial score (nSPS) is 12.3. The number of benzene rings is 2. The molecule has 6 nitrogen and oxygen atoms in total. The second kappa shape index (κ2) is 10.5. The van der Waals surface area contributed by atoms with Crippen molar-refractivity contribution in [1.29, 1.82) is 0 Å². The molecule has 0 radical (unpaired) electrons. The number of carbonyl (C=O) groups excluding carboxylic acids is 1. The third-order valence-corrected chi connectivity index (χ3v) is 6.26. The van der Waals surface area contributed by atoms with Gasteiger partial charge in [-0.1, -0.05) is 37.3 Å². The summed E-state index contributed by atoms with van der Waals surface area (Å²) >= 11 is 0. The van der Waals surface area contributed by atoms with E-state index in [4.69, 9.17) is 0 Å². The average molecular weight is 432 g/mol. The fraction of sp³-hybridized carbons (Fsp3) is 0.435. The van der Waals surface area contributed by atoms with Crippen LogP contribution in [0.4, 0.5) is 11.4 Å². The van der Waals surface area contributed by atoms with Crippen molar-refractivity contribution < 1.29 is 13.2 Å². The lowest BCUT2D eigenvalue weighted by Gasteiger charge is -2.31.